The van der Waals surface area contributed by atoms with E-state index in [-0.39, 0.29) is 12.2 Å². The van der Waals surface area contributed by atoms with E-state index in [1.807, 2.05) is 60.7 Å². The number of hydrogen-bond donors (Lipinski definition) is 2. The summed E-state index contributed by atoms with van der Waals surface area (Å²) in [6, 6.07) is 17.1. The van der Waals surface area contributed by atoms with Gasteiger partial charge in [-0.25, -0.2) is 4.79 Å². The first-order valence-corrected chi connectivity index (χ1v) is 15.3. The van der Waals surface area contributed by atoms with Crippen LogP contribution >= 0.6 is 0 Å². The second-order valence-corrected chi connectivity index (χ2v) is 16.5. The fourth-order valence-electron chi connectivity index (χ4n) is 5.63. The summed E-state index contributed by atoms with van der Waals surface area (Å²) in [5.41, 5.74) is 6.90. The lowest BCUT2D eigenvalue weighted by atomic mass is 9.81. The van der Waals surface area contributed by atoms with Crippen molar-refractivity contribution in [1.82, 2.24) is 5.32 Å². The number of esters is 1. The molecule has 0 radical (unpaired) electrons. The number of rotatable bonds is 8. The second kappa shape index (κ2) is 12.1. The van der Waals surface area contributed by atoms with Crippen LogP contribution in [0.25, 0.3) is 10.4 Å². The van der Waals surface area contributed by atoms with Gasteiger partial charge in [-0.2, -0.15) is 0 Å². The van der Waals surface area contributed by atoms with E-state index in [2.05, 4.69) is 42.7 Å². The van der Waals surface area contributed by atoms with Crippen LogP contribution in [0.2, 0.25) is 5.04 Å². The van der Waals surface area contributed by atoms with Crippen LogP contribution in [0.3, 0.4) is 0 Å². The highest BCUT2D eigenvalue weighted by molar-refractivity contribution is 6.99. The minimum Gasteiger partial charge on any atom is -0.468 e. The van der Waals surface area contributed by atoms with Crippen LogP contribution in [0.5, 0.6) is 0 Å². The van der Waals surface area contributed by atoms with Gasteiger partial charge in [-0.3, -0.25) is 4.79 Å². The molecule has 1 aliphatic rings. The first kappa shape index (κ1) is 31.9. The molecule has 0 unspecified atom stereocenters. The van der Waals surface area contributed by atoms with E-state index in [9.17, 15) is 20.2 Å². The van der Waals surface area contributed by atoms with Gasteiger partial charge in [0.2, 0.25) is 0 Å². The summed E-state index contributed by atoms with van der Waals surface area (Å²) in [7, 11) is -2.02. The van der Waals surface area contributed by atoms with E-state index in [1.165, 1.54) is 7.11 Å². The standard InChI is InChI=1S/C30H40N4O6Si/c1-20-23(32-27(37)40-28(2,3)4)24(33-34-31)30(25(20)35,26(36)38-8)19-39-41(29(5,6)7,21-15-11-9-12-16-21)22-17-13-10-14-18-22/h9-18,23-25,35H,1,19H2,2-8H3,(H,32,37)/t23-,24+,25+,30+/m1/s1. The van der Waals surface area contributed by atoms with Crippen molar-refractivity contribution in [3.63, 3.8) is 0 Å². The molecule has 2 N–H and O–H groups in total. The molecule has 0 heterocycles. The van der Waals surface area contributed by atoms with Gasteiger partial charge < -0.3 is 24.3 Å². The van der Waals surface area contributed by atoms with Gasteiger partial charge in [0.1, 0.15) is 11.0 Å². The first-order chi connectivity index (χ1) is 19.2. The molecule has 0 saturated heterocycles. The quantitative estimate of drug-likeness (QED) is 0.120. The Labute approximate surface area is 242 Å². The molecule has 220 valence electrons. The first-order valence-electron chi connectivity index (χ1n) is 13.4. The molecule has 41 heavy (non-hydrogen) atoms. The smallest absolute Gasteiger partial charge is 0.408 e. The zero-order chi connectivity index (χ0) is 30.6. The second-order valence-electron chi connectivity index (χ2n) is 12.2. The number of azide groups is 1. The lowest BCUT2D eigenvalue weighted by Crippen LogP contribution is -2.68. The molecule has 1 saturated carbocycles. The van der Waals surface area contributed by atoms with Gasteiger partial charge in [-0.15, -0.1) is 0 Å². The van der Waals surface area contributed by atoms with Crippen molar-refractivity contribution in [2.45, 2.75) is 70.4 Å². The Hall–Kier alpha value is -3.63. The number of nitrogens with zero attached hydrogens (tertiary/aromatic N) is 3. The number of carbonyl (C=O) groups excluding carboxylic acids is 2. The van der Waals surface area contributed by atoms with Gasteiger partial charge in [-0.05, 0) is 47.3 Å². The van der Waals surface area contributed by atoms with Crippen molar-refractivity contribution in [2.24, 2.45) is 10.5 Å². The molecule has 1 aliphatic carbocycles. The molecule has 0 bridgehead atoms. The average molecular weight is 581 g/mol. The molecule has 1 fully saturated rings. The Morgan fingerprint density at radius 2 is 1.56 bits per heavy atom. The monoisotopic (exact) mass is 580 g/mol. The largest absolute Gasteiger partial charge is 0.468 e. The van der Waals surface area contributed by atoms with Crippen LogP contribution in [-0.4, -0.2) is 63.0 Å². The van der Waals surface area contributed by atoms with E-state index in [4.69, 9.17) is 13.9 Å². The highest BCUT2D eigenvalue weighted by Crippen LogP contribution is 2.47. The number of nitrogens with one attached hydrogen (secondary N) is 1. The van der Waals surface area contributed by atoms with Crippen molar-refractivity contribution in [1.29, 1.82) is 0 Å². The molecule has 0 aromatic heterocycles. The zero-order valence-electron chi connectivity index (χ0n) is 24.7. The predicted octanol–water partition coefficient (Wildman–Crippen LogP) is 4.23. The van der Waals surface area contributed by atoms with E-state index in [0.717, 1.165) is 10.4 Å². The van der Waals surface area contributed by atoms with E-state index >= 15 is 0 Å². The summed E-state index contributed by atoms with van der Waals surface area (Å²) in [5, 5.41) is 19.6. The number of aliphatic hydroxyl groups excluding tert-OH is 1. The molecule has 2 aromatic carbocycles. The Morgan fingerprint density at radius 1 is 1.05 bits per heavy atom. The summed E-state index contributed by atoms with van der Waals surface area (Å²) in [6.45, 7) is 14.9. The molecule has 1 amide bonds. The zero-order valence-corrected chi connectivity index (χ0v) is 25.7. The number of benzene rings is 2. The number of amides is 1. The Kier molecular flexibility index (Phi) is 9.39. The van der Waals surface area contributed by atoms with Crippen LogP contribution in [0.4, 0.5) is 4.79 Å². The minimum absolute atomic E-state index is 0.0738. The van der Waals surface area contributed by atoms with Gasteiger partial charge in [0, 0.05) is 4.91 Å². The summed E-state index contributed by atoms with van der Waals surface area (Å²) >= 11 is 0. The number of hydrogen-bond acceptors (Lipinski definition) is 7. The van der Waals surface area contributed by atoms with Crippen molar-refractivity contribution in [3.8, 4) is 0 Å². The number of alkyl carbamates (subject to hydrolysis) is 1. The third-order valence-electron chi connectivity index (χ3n) is 7.44. The fraction of sp³-hybridized carbons (Fsp3) is 0.467. The fourth-order valence-corrected chi connectivity index (χ4v) is 10.2. The van der Waals surface area contributed by atoms with Crippen molar-refractivity contribution in [2.75, 3.05) is 13.7 Å². The number of methoxy groups -OCH3 is 1. The average Bonchev–Trinajstić information content (AvgIpc) is 3.10. The summed E-state index contributed by atoms with van der Waals surface area (Å²) in [5.74, 6) is -0.852. The third kappa shape index (κ3) is 6.03. The molecule has 0 spiro atoms. The molecule has 2 aromatic rings. The number of carbonyl (C=O) groups is 2. The van der Waals surface area contributed by atoms with Crippen LogP contribution in [0.1, 0.15) is 41.5 Å². The SMILES string of the molecule is C=C1[C@@H](NC(=O)OC(C)(C)C)[C@H](N=[N+]=[N-])[C@](CO[Si](c2ccccc2)(c2ccccc2)C(C)(C)C)(C(=O)OC)[C@H]1O. The highest BCUT2D eigenvalue weighted by atomic mass is 28.4. The predicted molar refractivity (Wildman–Crippen MR) is 159 cm³/mol. The normalized spacial score (nSPS) is 22.9. The summed E-state index contributed by atoms with van der Waals surface area (Å²) in [4.78, 5) is 29.4. The number of aliphatic hydroxyl groups is 1. The van der Waals surface area contributed by atoms with Gasteiger partial charge in [0.25, 0.3) is 8.32 Å². The molecule has 10 nitrogen and oxygen atoms in total. The molecule has 4 atom stereocenters. The number of ether oxygens (including phenoxy) is 2. The molecule has 0 aliphatic heterocycles. The highest BCUT2D eigenvalue weighted by Gasteiger charge is 2.64. The molecule has 11 heteroatoms. The summed E-state index contributed by atoms with van der Waals surface area (Å²) in [6.07, 6.45) is -2.38. The maximum atomic E-state index is 13.7. The van der Waals surface area contributed by atoms with Crippen LogP contribution in [0, 0.1) is 5.41 Å². The topological polar surface area (TPSA) is 143 Å². The van der Waals surface area contributed by atoms with E-state index < -0.39 is 54.6 Å². The van der Waals surface area contributed by atoms with Gasteiger partial charge in [-0.1, -0.05) is 93.1 Å². The van der Waals surface area contributed by atoms with Crippen LogP contribution < -0.4 is 15.7 Å². The molecule has 3 rings (SSSR count). The minimum atomic E-state index is -3.21. The molecular weight excluding hydrogens is 540 g/mol. The molecular formula is C30H40N4O6Si. The van der Waals surface area contributed by atoms with Crippen LogP contribution in [-0.2, 0) is 18.7 Å². The Morgan fingerprint density at radius 3 is 1.98 bits per heavy atom. The maximum Gasteiger partial charge on any atom is 0.408 e. The summed E-state index contributed by atoms with van der Waals surface area (Å²) < 4.78 is 17.6. The Balaban J connectivity index is 2.20. The van der Waals surface area contributed by atoms with E-state index in [1.54, 1.807) is 20.8 Å². The van der Waals surface area contributed by atoms with Crippen molar-refractivity contribution >= 4 is 30.8 Å². The third-order valence-corrected chi connectivity index (χ3v) is 12.4. The maximum absolute atomic E-state index is 13.7. The van der Waals surface area contributed by atoms with E-state index in [0.29, 0.717) is 0 Å². The van der Waals surface area contributed by atoms with Gasteiger partial charge in [0.05, 0.1) is 31.9 Å². The van der Waals surface area contributed by atoms with Crippen molar-refractivity contribution in [3.05, 3.63) is 83.3 Å². The lowest BCUT2D eigenvalue weighted by Gasteiger charge is -2.45. The Bertz CT molecular complexity index is 1260. The van der Waals surface area contributed by atoms with Crippen LogP contribution in [0.15, 0.2) is 77.9 Å². The van der Waals surface area contributed by atoms with Gasteiger partial charge in [0.15, 0.2) is 0 Å². The van der Waals surface area contributed by atoms with Gasteiger partial charge >= 0.3 is 12.1 Å². The lowest BCUT2D eigenvalue weighted by molar-refractivity contribution is -0.161. The van der Waals surface area contributed by atoms with Crippen molar-refractivity contribution < 1.29 is 28.6 Å².